The van der Waals surface area contributed by atoms with Gasteiger partial charge < -0.3 is 10.3 Å². The fraction of sp³-hybridized carbons (Fsp3) is 0.0526. The molecule has 5 rings (SSSR count). The van der Waals surface area contributed by atoms with Crippen LogP contribution in [0.4, 0.5) is 0 Å². The van der Waals surface area contributed by atoms with E-state index in [2.05, 4.69) is 15.6 Å². The van der Waals surface area contributed by atoms with E-state index in [1.165, 1.54) is 0 Å². The second kappa shape index (κ2) is 4.58. The molecular weight excluding hydrogens is 302 g/mol. The van der Waals surface area contributed by atoms with Crippen molar-refractivity contribution >= 4 is 28.3 Å². The summed E-state index contributed by atoms with van der Waals surface area (Å²) in [7, 11) is 0. The SMILES string of the molecule is O=C1NC(=O)C2=C1NC(c1ccccc1)c1cccc3[nH]cc2c13. The summed E-state index contributed by atoms with van der Waals surface area (Å²) in [5.41, 5.74) is 4.56. The van der Waals surface area contributed by atoms with E-state index in [1.807, 2.05) is 48.5 Å². The Morgan fingerprint density at radius 3 is 2.54 bits per heavy atom. The molecule has 0 saturated carbocycles. The van der Waals surface area contributed by atoms with Crippen LogP contribution in [0.3, 0.4) is 0 Å². The van der Waals surface area contributed by atoms with Crippen LogP contribution in [0, 0.1) is 0 Å². The van der Waals surface area contributed by atoms with Crippen LogP contribution in [0.15, 0.2) is 60.4 Å². The van der Waals surface area contributed by atoms with E-state index in [9.17, 15) is 9.59 Å². The summed E-state index contributed by atoms with van der Waals surface area (Å²) in [6, 6.07) is 15.7. The average molecular weight is 315 g/mol. The Bertz CT molecular complexity index is 1050. The highest BCUT2D eigenvalue weighted by molar-refractivity contribution is 6.37. The minimum absolute atomic E-state index is 0.200. The molecule has 2 amide bonds. The largest absolute Gasteiger partial charge is 0.369 e. The second-order valence-electron chi connectivity index (χ2n) is 5.99. The highest BCUT2D eigenvalue weighted by Crippen LogP contribution is 2.39. The molecule has 1 unspecified atom stereocenters. The molecule has 5 nitrogen and oxygen atoms in total. The van der Waals surface area contributed by atoms with Crippen molar-refractivity contribution < 1.29 is 9.59 Å². The minimum Gasteiger partial charge on any atom is -0.369 e. The minimum atomic E-state index is -0.377. The van der Waals surface area contributed by atoms with E-state index in [1.54, 1.807) is 6.20 Å². The molecule has 3 heterocycles. The Morgan fingerprint density at radius 1 is 0.875 bits per heavy atom. The van der Waals surface area contributed by atoms with Crippen LogP contribution < -0.4 is 10.6 Å². The normalized spacial score (nSPS) is 19.1. The van der Waals surface area contributed by atoms with Crippen LogP contribution in [-0.4, -0.2) is 16.8 Å². The zero-order valence-corrected chi connectivity index (χ0v) is 12.6. The van der Waals surface area contributed by atoms with E-state index < -0.39 is 0 Å². The van der Waals surface area contributed by atoms with Crippen LogP contribution in [0.25, 0.3) is 16.5 Å². The molecule has 0 saturated heterocycles. The van der Waals surface area contributed by atoms with Gasteiger partial charge in [-0.1, -0.05) is 42.5 Å². The summed E-state index contributed by atoms with van der Waals surface area (Å²) in [5.74, 6) is -0.731. The van der Waals surface area contributed by atoms with Gasteiger partial charge in [0, 0.05) is 22.7 Å². The smallest absolute Gasteiger partial charge is 0.275 e. The Labute approximate surface area is 137 Å². The maximum absolute atomic E-state index is 12.3. The van der Waals surface area contributed by atoms with Gasteiger partial charge >= 0.3 is 0 Å². The molecule has 0 spiro atoms. The van der Waals surface area contributed by atoms with Gasteiger partial charge in [0.05, 0.1) is 11.6 Å². The van der Waals surface area contributed by atoms with Gasteiger partial charge in [-0.05, 0) is 17.2 Å². The summed E-state index contributed by atoms with van der Waals surface area (Å²) in [4.78, 5) is 27.8. The van der Waals surface area contributed by atoms with Crippen LogP contribution in [0.5, 0.6) is 0 Å². The maximum Gasteiger partial charge on any atom is 0.275 e. The number of carbonyl (C=O) groups is 2. The first kappa shape index (κ1) is 13.1. The lowest BCUT2D eigenvalue weighted by atomic mass is 9.94. The number of aromatic amines is 1. The number of nitrogens with one attached hydrogen (secondary N) is 3. The molecule has 2 aliphatic heterocycles. The predicted octanol–water partition coefficient (Wildman–Crippen LogP) is 2.23. The van der Waals surface area contributed by atoms with Crippen LogP contribution in [0.1, 0.15) is 22.7 Å². The lowest BCUT2D eigenvalue weighted by molar-refractivity contribution is -0.123. The Kier molecular flexibility index (Phi) is 2.51. The molecule has 0 aliphatic carbocycles. The third-order valence-electron chi connectivity index (χ3n) is 4.67. The first-order chi connectivity index (χ1) is 11.7. The van der Waals surface area contributed by atoms with Gasteiger partial charge in [0.25, 0.3) is 11.8 Å². The molecule has 0 radical (unpaired) electrons. The van der Waals surface area contributed by atoms with Crippen LogP contribution in [-0.2, 0) is 9.59 Å². The molecule has 116 valence electrons. The Hall–Kier alpha value is -3.34. The van der Waals surface area contributed by atoms with Crippen molar-refractivity contribution in [3.05, 3.63) is 77.1 Å². The zero-order valence-electron chi connectivity index (χ0n) is 12.6. The molecular formula is C19H13N3O2. The number of rotatable bonds is 1. The van der Waals surface area contributed by atoms with Crippen LogP contribution >= 0.6 is 0 Å². The van der Waals surface area contributed by atoms with E-state index >= 15 is 0 Å². The number of hydrogen-bond acceptors (Lipinski definition) is 3. The number of H-pyrrole nitrogens is 1. The highest BCUT2D eigenvalue weighted by atomic mass is 16.2. The summed E-state index contributed by atoms with van der Waals surface area (Å²) >= 11 is 0. The number of benzene rings is 2. The van der Waals surface area contributed by atoms with E-state index in [0.29, 0.717) is 11.3 Å². The number of aromatic nitrogens is 1. The lowest BCUT2D eigenvalue weighted by Gasteiger charge is -2.20. The highest BCUT2D eigenvalue weighted by Gasteiger charge is 2.37. The summed E-state index contributed by atoms with van der Waals surface area (Å²) in [6.45, 7) is 0. The van der Waals surface area contributed by atoms with E-state index in [4.69, 9.17) is 0 Å². The Balaban J connectivity index is 1.87. The van der Waals surface area contributed by atoms with Gasteiger partial charge in [-0.3, -0.25) is 14.9 Å². The topological polar surface area (TPSA) is 74.0 Å². The number of amides is 2. The van der Waals surface area contributed by atoms with Crippen molar-refractivity contribution in [3.63, 3.8) is 0 Å². The molecule has 3 N–H and O–H groups in total. The second-order valence-corrected chi connectivity index (χ2v) is 5.99. The monoisotopic (exact) mass is 315 g/mol. The summed E-state index contributed by atoms with van der Waals surface area (Å²) in [5, 5.41) is 6.67. The molecule has 24 heavy (non-hydrogen) atoms. The van der Waals surface area contributed by atoms with Gasteiger partial charge in [-0.2, -0.15) is 0 Å². The average Bonchev–Trinajstić information content (AvgIpc) is 3.08. The fourth-order valence-electron chi connectivity index (χ4n) is 3.63. The van der Waals surface area contributed by atoms with Crippen molar-refractivity contribution in [3.8, 4) is 0 Å². The van der Waals surface area contributed by atoms with Gasteiger partial charge in [-0.25, -0.2) is 0 Å². The number of carbonyl (C=O) groups excluding carboxylic acids is 2. The summed E-state index contributed by atoms with van der Waals surface area (Å²) < 4.78 is 0. The molecule has 1 aromatic heterocycles. The fourth-order valence-corrected chi connectivity index (χ4v) is 3.63. The molecule has 0 bridgehead atoms. The molecule has 0 fully saturated rings. The van der Waals surface area contributed by atoms with Crippen molar-refractivity contribution in [2.24, 2.45) is 0 Å². The van der Waals surface area contributed by atoms with Gasteiger partial charge in [-0.15, -0.1) is 0 Å². The molecule has 2 aliphatic rings. The third kappa shape index (κ3) is 1.64. The quantitative estimate of drug-likeness (QED) is 0.603. The van der Waals surface area contributed by atoms with Crippen molar-refractivity contribution in [2.45, 2.75) is 6.04 Å². The van der Waals surface area contributed by atoms with Crippen molar-refractivity contribution in [1.29, 1.82) is 0 Å². The Morgan fingerprint density at radius 2 is 1.71 bits per heavy atom. The van der Waals surface area contributed by atoms with Crippen molar-refractivity contribution in [1.82, 2.24) is 15.6 Å². The standard InChI is InChI=1S/C19H13N3O2/c23-18-15-12-9-20-13-8-4-7-11(14(12)13)16(10-5-2-1-3-6-10)21-17(15)19(24)22-18/h1-9,16,20-21H,(H,22,23,24). The first-order valence-electron chi connectivity index (χ1n) is 7.76. The molecule has 3 aromatic rings. The van der Waals surface area contributed by atoms with Crippen molar-refractivity contribution in [2.75, 3.05) is 0 Å². The lowest BCUT2D eigenvalue weighted by Crippen LogP contribution is -2.30. The van der Waals surface area contributed by atoms with E-state index in [0.717, 1.165) is 27.6 Å². The number of hydrogen-bond donors (Lipinski definition) is 3. The number of imide groups is 1. The van der Waals surface area contributed by atoms with Gasteiger partial charge in [0.1, 0.15) is 5.70 Å². The molecule has 1 atom stereocenters. The first-order valence-corrected chi connectivity index (χ1v) is 7.76. The van der Waals surface area contributed by atoms with E-state index in [-0.39, 0.29) is 17.9 Å². The van der Waals surface area contributed by atoms with Gasteiger partial charge in [0.15, 0.2) is 0 Å². The predicted molar refractivity (Wildman–Crippen MR) is 89.8 cm³/mol. The van der Waals surface area contributed by atoms with Crippen LogP contribution in [0.2, 0.25) is 0 Å². The molecule has 2 aromatic carbocycles. The van der Waals surface area contributed by atoms with Gasteiger partial charge in [0.2, 0.25) is 0 Å². The number of fused-ring (bicyclic) bond motifs is 1. The zero-order chi connectivity index (χ0) is 16.3. The maximum atomic E-state index is 12.3. The molecule has 5 heteroatoms. The summed E-state index contributed by atoms with van der Waals surface area (Å²) in [6.07, 6.45) is 1.80. The third-order valence-corrected chi connectivity index (χ3v) is 4.67.